The van der Waals surface area contributed by atoms with E-state index in [0.717, 1.165) is 31.6 Å². The van der Waals surface area contributed by atoms with Crippen molar-refractivity contribution in [2.75, 3.05) is 19.0 Å². The molecule has 37 heavy (non-hydrogen) atoms. The average Bonchev–Trinajstić information content (AvgIpc) is 3.17. The van der Waals surface area contributed by atoms with Crippen LogP contribution >= 0.6 is 11.6 Å². The summed E-state index contributed by atoms with van der Waals surface area (Å²) in [5.41, 5.74) is 0.701. The molecule has 2 N–H and O–H groups in total. The Hall–Kier alpha value is -2.35. The van der Waals surface area contributed by atoms with E-state index < -0.39 is 5.67 Å². The predicted molar refractivity (Wildman–Crippen MR) is 144 cm³/mol. The highest BCUT2D eigenvalue weighted by atomic mass is 35.5. The van der Waals surface area contributed by atoms with Gasteiger partial charge in [-0.15, -0.1) is 0 Å². The summed E-state index contributed by atoms with van der Waals surface area (Å²) in [6.45, 7) is 7.14. The topological polar surface area (TPSA) is 81.1 Å². The van der Waals surface area contributed by atoms with Gasteiger partial charge in [0.15, 0.2) is 5.69 Å². The van der Waals surface area contributed by atoms with Crippen molar-refractivity contribution in [1.82, 2.24) is 20.1 Å². The normalized spacial score (nSPS) is 30.9. The summed E-state index contributed by atoms with van der Waals surface area (Å²) in [5.74, 6) is 2.34. The van der Waals surface area contributed by atoms with Crippen LogP contribution in [0.2, 0.25) is 5.02 Å². The van der Waals surface area contributed by atoms with E-state index in [2.05, 4.69) is 27.6 Å². The lowest BCUT2D eigenvalue weighted by Crippen LogP contribution is -2.57. The molecule has 0 radical (unpaired) electrons. The first-order valence-electron chi connectivity index (χ1n) is 13.7. The third-order valence-electron chi connectivity index (χ3n) is 8.64. The molecule has 3 aliphatic rings. The Morgan fingerprint density at radius 3 is 2.59 bits per heavy atom. The van der Waals surface area contributed by atoms with Gasteiger partial charge < -0.3 is 15.4 Å². The molecule has 1 amide bonds. The molecule has 0 saturated heterocycles. The lowest BCUT2D eigenvalue weighted by molar-refractivity contribution is -0.108. The van der Waals surface area contributed by atoms with Crippen LogP contribution in [0.5, 0.6) is 5.75 Å². The van der Waals surface area contributed by atoms with E-state index in [0.29, 0.717) is 59.7 Å². The summed E-state index contributed by atoms with van der Waals surface area (Å²) in [5, 5.41) is 11.4. The molecule has 0 unspecified atom stereocenters. The van der Waals surface area contributed by atoms with Crippen molar-refractivity contribution < 1.29 is 13.9 Å². The molecule has 2 heterocycles. The number of methoxy groups -OCH3 is 1. The number of carbonyl (C=O) groups is 1. The Morgan fingerprint density at radius 1 is 1.27 bits per heavy atom. The Morgan fingerprint density at radius 2 is 1.97 bits per heavy atom. The minimum absolute atomic E-state index is 0.165. The quantitative estimate of drug-likeness (QED) is 0.420. The van der Waals surface area contributed by atoms with Crippen molar-refractivity contribution in [2.45, 2.75) is 90.4 Å². The van der Waals surface area contributed by atoms with Gasteiger partial charge in [0.2, 0.25) is 0 Å². The van der Waals surface area contributed by atoms with E-state index in [1.165, 1.54) is 12.8 Å². The minimum atomic E-state index is -1.00. The van der Waals surface area contributed by atoms with E-state index in [9.17, 15) is 9.18 Å². The number of amides is 1. The molecule has 0 bridgehead atoms. The summed E-state index contributed by atoms with van der Waals surface area (Å²) in [4.78, 5) is 17.6. The molecule has 2 aromatic rings. The fourth-order valence-electron chi connectivity index (χ4n) is 6.89. The Balaban J connectivity index is 1.28. The van der Waals surface area contributed by atoms with Crippen molar-refractivity contribution in [1.29, 1.82) is 0 Å². The van der Waals surface area contributed by atoms with Gasteiger partial charge in [0.25, 0.3) is 5.91 Å². The molecule has 3 saturated carbocycles. The second-order valence-corrected chi connectivity index (χ2v) is 12.3. The van der Waals surface area contributed by atoms with E-state index in [4.69, 9.17) is 16.3 Å². The van der Waals surface area contributed by atoms with E-state index in [1.54, 1.807) is 24.9 Å². The van der Waals surface area contributed by atoms with Crippen LogP contribution in [0.15, 0.2) is 12.3 Å². The predicted octanol–water partition coefficient (Wildman–Crippen LogP) is 6.27. The molecule has 2 aromatic heterocycles. The van der Waals surface area contributed by atoms with Crippen LogP contribution in [0.4, 0.5) is 10.2 Å². The fraction of sp³-hybridized carbons (Fsp3) is 0.679. The number of pyridine rings is 1. The summed E-state index contributed by atoms with van der Waals surface area (Å²) in [7, 11) is 1.61. The first kappa shape index (κ1) is 26.3. The van der Waals surface area contributed by atoms with Crippen molar-refractivity contribution in [2.24, 2.45) is 17.3 Å². The van der Waals surface area contributed by atoms with E-state index >= 15 is 0 Å². The standard InChI is InChI=1S/C28H39ClFN5O2/c1-5-35-25(23(29)24(34-35)26(36)32-13-18-8-6-17(2)7-9-18)20-14-31-22(10-21(20)37-4)33-19-11-28(12-19)15-27(3,30)16-28/h10,14,17-19H,5-9,11-13,15-16H2,1-4H3,(H,31,33)(H,32,36). The number of carbonyl (C=O) groups excluding carboxylic acids is 1. The van der Waals surface area contributed by atoms with Gasteiger partial charge >= 0.3 is 0 Å². The highest BCUT2D eigenvalue weighted by Crippen LogP contribution is 2.62. The monoisotopic (exact) mass is 531 g/mol. The van der Waals surface area contributed by atoms with Crippen LogP contribution in [-0.2, 0) is 6.54 Å². The van der Waals surface area contributed by atoms with Crippen LogP contribution < -0.4 is 15.4 Å². The number of ether oxygens (including phenoxy) is 1. The van der Waals surface area contributed by atoms with Gasteiger partial charge in [-0.3, -0.25) is 9.48 Å². The van der Waals surface area contributed by atoms with Crippen LogP contribution in [-0.4, -0.2) is 46.0 Å². The minimum Gasteiger partial charge on any atom is -0.496 e. The number of anilines is 1. The molecule has 1 spiro atoms. The van der Waals surface area contributed by atoms with Crippen LogP contribution in [0.3, 0.4) is 0 Å². The summed E-state index contributed by atoms with van der Waals surface area (Å²) in [6, 6.07) is 2.14. The SMILES string of the molecule is CCn1nc(C(=O)NCC2CCC(C)CC2)c(Cl)c1-c1cnc(NC2CC3(C2)CC(C)(F)C3)cc1OC. The number of halogens is 2. The summed E-state index contributed by atoms with van der Waals surface area (Å²) < 4.78 is 21.4. The van der Waals surface area contributed by atoms with Gasteiger partial charge in [-0.05, 0) is 69.6 Å². The van der Waals surface area contributed by atoms with Crippen molar-refractivity contribution >= 4 is 23.3 Å². The number of nitrogens with zero attached hydrogens (tertiary/aromatic N) is 3. The Kier molecular flexibility index (Phi) is 7.16. The van der Waals surface area contributed by atoms with Gasteiger partial charge in [-0.1, -0.05) is 31.4 Å². The maximum absolute atomic E-state index is 14.0. The largest absolute Gasteiger partial charge is 0.496 e. The molecule has 0 atom stereocenters. The zero-order chi connectivity index (χ0) is 26.4. The molecule has 7 nitrogen and oxygen atoms in total. The Labute approximate surface area is 223 Å². The lowest BCUT2D eigenvalue weighted by Gasteiger charge is -2.59. The van der Waals surface area contributed by atoms with Gasteiger partial charge in [0, 0.05) is 31.4 Å². The van der Waals surface area contributed by atoms with Crippen molar-refractivity contribution in [3.05, 3.63) is 23.0 Å². The molecule has 3 fully saturated rings. The van der Waals surface area contributed by atoms with Gasteiger partial charge in [-0.25, -0.2) is 9.37 Å². The van der Waals surface area contributed by atoms with Gasteiger partial charge in [0.05, 0.1) is 23.4 Å². The number of alkyl halides is 1. The molecule has 9 heteroatoms. The zero-order valence-corrected chi connectivity index (χ0v) is 23.1. The van der Waals surface area contributed by atoms with Crippen LogP contribution in [0, 0.1) is 17.3 Å². The molecular weight excluding hydrogens is 493 g/mol. The van der Waals surface area contributed by atoms with Crippen molar-refractivity contribution in [3.8, 4) is 17.0 Å². The molecule has 202 valence electrons. The highest BCUT2D eigenvalue weighted by Gasteiger charge is 2.58. The van der Waals surface area contributed by atoms with Crippen LogP contribution in [0.25, 0.3) is 11.3 Å². The number of nitrogens with one attached hydrogen (secondary N) is 2. The molecule has 0 aliphatic heterocycles. The average molecular weight is 532 g/mol. The van der Waals surface area contributed by atoms with Gasteiger partial charge in [-0.2, -0.15) is 5.10 Å². The number of rotatable bonds is 8. The molecular formula is C28H39ClFN5O2. The Bertz CT molecular complexity index is 1140. The van der Waals surface area contributed by atoms with Crippen LogP contribution in [0.1, 0.15) is 82.6 Å². The maximum Gasteiger partial charge on any atom is 0.273 e. The van der Waals surface area contributed by atoms with Gasteiger partial charge in [0.1, 0.15) is 17.2 Å². The summed E-state index contributed by atoms with van der Waals surface area (Å²) >= 11 is 6.77. The zero-order valence-electron chi connectivity index (χ0n) is 22.4. The first-order chi connectivity index (χ1) is 17.6. The summed E-state index contributed by atoms with van der Waals surface area (Å²) in [6.07, 6.45) is 9.67. The number of hydrogen-bond donors (Lipinski definition) is 2. The molecule has 5 rings (SSSR count). The van der Waals surface area contributed by atoms with E-state index in [-0.39, 0.29) is 23.1 Å². The number of aromatic nitrogens is 3. The number of hydrogen-bond acceptors (Lipinski definition) is 5. The number of aryl methyl sites for hydroxylation is 1. The smallest absolute Gasteiger partial charge is 0.273 e. The second-order valence-electron chi connectivity index (χ2n) is 11.9. The van der Waals surface area contributed by atoms with E-state index in [1.807, 2.05) is 13.0 Å². The second kappa shape index (κ2) is 10.1. The maximum atomic E-state index is 14.0. The highest BCUT2D eigenvalue weighted by molar-refractivity contribution is 6.36. The molecule has 3 aliphatic carbocycles. The third kappa shape index (κ3) is 5.31. The molecule has 0 aromatic carbocycles. The van der Waals surface area contributed by atoms with Crippen molar-refractivity contribution in [3.63, 3.8) is 0 Å². The first-order valence-corrected chi connectivity index (χ1v) is 14.0. The third-order valence-corrected chi connectivity index (χ3v) is 8.99. The lowest BCUT2D eigenvalue weighted by atomic mass is 9.49. The fourth-order valence-corrected chi connectivity index (χ4v) is 7.21.